The maximum absolute atomic E-state index is 6.60. The minimum absolute atomic E-state index is 0.107. The van der Waals surface area contributed by atoms with E-state index < -0.39 is 0 Å². The number of rotatable bonds is 3. The molecule has 1 heterocycles. The molecule has 3 rings (SSSR count). The Bertz CT molecular complexity index is 656. The summed E-state index contributed by atoms with van der Waals surface area (Å²) in [6, 6.07) is 6.96. The SMILES string of the molecule is C=CCC1B(c2ccc3c(c2)C(=C)CCCC3)OC(C)(C)C1(C)C. The van der Waals surface area contributed by atoms with Gasteiger partial charge in [0, 0.05) is 0 Å². The van der Waals surface area contributed by atoms with Crippen molar-refractivity contribution in [3.8, 4) is 0 Å². The van der Waals surface area contributed by atoms with E-state index in [1.807, 2.05) is 6.08 Å². The third-order valence-corrected chi connectivity index (χ3v) is 6.70. The molecule has 1 aliphatic carbocycles. The fourth-order valence-corrected chi connectivity index (χ4v) is 4.38. The Morgan fingerprint density at radius 2 is 1.92 bits per heavy atom. The topological polar surface area (TPSA) is 9.23 Å². The first kappa shape index (κ1) is 17.5. The first-order valence-electron chi connectivity index (χ1n) is 9.37. The summed E-state index contributed by atoms with van der Waals surface area (Å²) in [7, 11) is 0. The normalized spacial score (nSPS) is 25.2. The fraction of sp³-hybridized carbons (Fsp3) is 0.545. The van der Waals surface area contributed by atoms with Gasteiger partial charge in [-0.25, -0.2) is 0 Å². The summed E-state index contributed by atoms with van der Waals surface area (Å²) in [6.45, 7) is 17.6. The predicted molar refractivity (Wildman–Crippen MR) is 106 cm³/mol. The molecule has 0 N–H and O–H groups in total. The van der Waals surface area contributed by atoms with Gasteiger partial charge in [-0.3, -0.25) is 0 Å². The molecule has 0 spiro atoms. The molecule has 0 radical (unpaired) electrons. The van der Waals surface area contributed by atoms with Crippen LogP contribution < -0.4 is 5.46 Å². The molecule has 0 amide bonds. The summed E-state index contributed by atoms with van der Waals surface area (Å²) in [6.07, 6.45) is 7.85. The lowest BCUT2D eigenvalue weighted by Crippen LogP contribution is -2.36. The van der Waals surface area contributed by atoms with Gasteiger partial charge in [0.15, 0.2) is 0 Å². The second-order valence-corrected chi connectivity index (χ2v) is 8.63. The Morgan fingerprint density at radius 1 is 1.21 bits per heavy atom. The van der Waals surface area contributed by atoms with Gasteiger partial charge >= 0.3 is 6.92 Å². The number of hydrogen-bond donors (Lipinski definition) is 0. The molecule has 1 saturated heterocycles. The predicted octanol–water partition coefficient (Wildman–Crippen LogP) is 5.41. The lowest BCUT2D eigenvalue weighted by Gasteiger charge is -2.37. The molecule has 0 bridgehead atoms. The van der Waals surface area contributed by atoms with Gasteiger partial charge in [0.25, 0.3) is 0 Å². The number of fused-ring (bicyclic) bond motifs is 1. The van der Waals surface area contributed by atoms with Crippen LogP contribution >= 0.6 is 0 Å². The number of hydrogen-bond acceptors (Lipinski definition) is 1. The minimum atomic E-state index is -0.144. The Kier molecular flexibility index (Phi) is 4.55. The van der Waals surface area contributed by atoms with E-state index in [-0.39, 0.29) is 17.9 Å². The first-order chi connectivity index (χ1) is 11.3. The Labute approximate surface area is 148 Å². The van der Waals surface area contributed by atoms with Crippen molar-refractivity contribution in [2.24, 2.45) is 5.41 Å². The summed E-state index contributed by atoms with van der Waals surface area (Å²) in [5.41, 5.74) is 5.39. The van der Waals surface area contributed by atoms with Gasteiger partial charge in [-0.05, 0) is 79.3 Å². The third kappa shape index (κ3) is 2.79. The molecule has 1 aliphatic heterocycles. The van der Waals surface area contributed by atoms with Crippen LogP contribution in [0, 0.1) is 5.41 Å². The van der Waals surface area contributed by atoms with Gasteiger partial charge in [-0.15, -0.1) is 6.58 Å². The van der Waals surface area contributed by atoms with Crippen molar-refractivity contribution in [1.29, 1.82) is 0 Å². The zero-order valence-electron chi connectivity index (χ0n) is 15.8. The lowest BCUT2D eigenvalue weighted by atomic mass is 9.45. The monoisotopic (exact) mass is 322 g/mol. The molecule has 2 heteroatoms. The third-order valence-electron chi connectivity index (χ3n) is 6.70. The molecule has 1 aromatic carbocycles. The van der Waals surface area contributed by atoms with E-state index in [4.69, 9.17) is 4.65 Å². The molecule has 1 unspecified atom stereocenters. The van der Waals surface area contributed by atoms with Crippen molar-refractivity contribution < 1.29 is 4.65 Å². The highest BCUT2D eigenvalue weighted by molar-refractivity contribution is 6.69. The van der Waals surface area contributed by atoms with E-state index in [1.165, 1.54) is 41.4 Å². The fourth-order valence-electron chi connectivity index (χ4n) is 4.38. The average Bonchev–Trinajstić information content (AvgIpc) is 2.66. The second-order valence-electron chi connectivity index (χ2n) is 8.63. The highest BCUT2D eigenvalue weighted by atomic mass is 16.5. The zero-order valence-corrected chi connectivity index (χ0v) is 15.8. The van der Waals surface area contributed by atoms with E-state index in [0.717, 1.165) is 12.8 Å². The molecule has 1 aromatic rings. The smallest absolute Gasteiger partial charge is 0.331 e. The van der Waals surface area contributed by atoms with Gasteiger partial charge in [-0.1, -0.05) is 44.7 Å². The van der Waals surface area contributed by atoms with Gasteiger partial charge in [0.2, 0.25) is 0 Å². The zero-order chi connectivity index (χ0) is 17.5. The molecule has 1 fully saturated rings. The Morgan fingerprint density at radius 3 is 2.62 bits per heavy atom. The number of aryl methyl sites for hydroxylation is 1. The Balaban J connectivity index is 2.02. The molecular weight excluding hydrogens is 291 g/mol. The van der Waals surface area contributed by atoms with Crippen LogP contribution in [-0.2, 0) is 11.1 Å². The molecule has 128 valence electrons. The van der Waals surface area contributed by atoms with Gasteiger partial charge in [0.1, 0.15) is 0 Å². The van der Waals surface area contributed by atoms with Crippen molar-refractivity contribution in [3.05, 3.63) is 48.6 Å². The molecule has 0 saturated carbocycles. The van der Waals surface area contributed by atoms with E-state index in [1.54, 1.807) is 0 Å². The van der Waals surface area contributed by atoms with E-state index in [2.05, 4.69) is 59.1 Å². The highest BCUT2D eigenvalue weighted by Crippen LogP contribution is 2.53. The van der Waals surface area contributed by atoms with Gasteiger partial charge < -0.3 is 4.65 Å². The molecule has 1 nitrogen and oxygen atoms in total. The van der Waals surface area contributed by atoms with Crippen LogP contribution in [0.2, 0.25) is 5.82 Å². The summed E-state index contributed by atoms with van der Waals surface area (Å²) < 4.78 is 6.60. The second kappa shape index (κ2) is 6.22. The van der Waals surface area contributed by atoms with Crippen molar-refractivity contribution in [2.45, 2.75) is 71.2 Å². The van der Waals surface area contributed by atoms with Crippen LogP contribution in [-0.4, -0.2) is 12.5 Å². The van der Waals surface area contributed by atoms with Crippen LogP contribution in [0.5, 0.6) is 0 Å². The van der Waals surface area contributed by atoms with Crippen LogP contribution in [0.15, 0.2) is 37.4 Å². The van der Waals surface area contributed by atoms with Gasteiger partial charge in [-0.2, -0.15) is 0 Å². The first-order valence-corrected chi connectivity index (χ1v) is 9.37. The average molecular weight is 322 g/mol. The molecule has 1 atom stereocenters. The minimum Gasteiger partial charge on any atom is -0.425 e. The van der Waals surface area contributed by atoms with Crippen molar-refractivity contribution in [1.82, 2.24) is 0 Å². The Hall–Kier alpha value is -1.28. The van der Waals surface area contributed by atoms with Crippen molar-refractivity contribution in [2.75, 3.05) is 0 Å². The summed E-state index contributed by atoms with van der Waals surface area (Å²) in [5.74, 6) is 0.446. The molecular formula is C22H31BO. The van der Waals surface area contributed by atoms with Crippen molar-refractivity contribution >= 4 is 18.0 Å². The summed E-state index contributed by atoms with van der Waals surface area (Å²) >= 11 is 0. The molecule has 0 aromatic heterocycles. The number of allylic oxidation sites excluding steroid dienone is 2. The quantitative estimate of drug-likeness (QED) is 0.411. The molecule has 2 aliphatic rings. The van der Waals surface area contributed by atoms with E-state index in [9.17, 15) is 0 Å². The van der Waals surface area contributed by atoms with Gasteiger partial charge in [0.05, 0.1) is 5.60 Å². The summed E-state index contributed by atoms with van der Waals surface area (Å²) in [5, 5.41) is 0. The molecule has 24 heavy (non-hydrogen) atoms. The maximum Gasteiger partial charge on any atom is 0.331 e. The van der Waals surface area contributed by atoms with Crippen LogP contribution in [0.3, 0.4) is 0 Å². The van der Waals surface area contributed by atoms with E-state index in [0.29, 0.717) is 5.82 Å². The summed E-state index contributed by atoms with van der Waals surface area (Å²) in [4.78, 5) is 0. The van der Waals surface area contributed by atoms with Crippen LogP contribution in [0.25, 0.3) is 5.57 Å². The van der Waals surface area contributed by atoms with Crippen LogP contribution in [0.4, 0.5) is 0 Å². The lowest BCUT2D eigenvalue weighted by molar-refractivity contribution is 0.0282. The number of benzene rings is 1. The van der Waals surface area contributed by atoms with Crippen LogP contribution in [0.1, 0.15) is 64.5 Å². The van der Waals surface area contributed by atoms with E-state index >= 15 is 0 Å². The van der Waals surface area contributed by atoms with Crippen molar-refractivity contribution in [3.63, 3.8) is 0 Å². The maximum atomic E-state index is 6.60. The standard InChI is InChI=1S/C22H31BO/c1-7-10-20-21(3,4)22(5,6)24-23(20)18-14-13-17-12-9-8-11-16(2)19(17)15-18/h7,13-15,20H,1-2,8-12H2,3-6H3. The largest absolute Gasteiger partial charge is 0.425 e. The highest BCUT2D eigenvalue weighted by Gasteiger charge is 2.56.